The van der Waals surface area contributed by atoms with Crippen molar-refractivity contribution in [3.8, 4) is 5.75 Å². The molecule has 0 radical (unpaired) electrons. The molecule has 0 N–H and O–H groups in total. The fourth-order valence-electron chi connectivity index (χ4n) is 4.30. The molecule has 0 unspecified atom stereocenters. The lowest BCUT2D eigenvalue weighted by atomic mass is 10.1. The number of para-hydroxylation sites is 2. The van der Waals surface area contributed by atoms with Crippen LogP contribution in [-0.4, -0.2) is 21.4 Å². The Balaban J connectivity index is 1.50. The highest BCUT2D eigenvalue weighted by Crippen LogP contribution is 2.39. The third kappa shape index (κ3) is 4.49. The van der Waals surface area contributed by atoms with Crippen LogP contribution in [0.25, 0.3) is 17.0 Å². The summed E-state index contributed by atoms with van der Waals surface area (Å²) >= 11 is 6.64. The van der Waals surface area contributed by atoms with Gasteiger partial charge in [-0.25, -0.2) is 4.39 Å². The summed E-state index contributed by atoms with van der Waals surface area (Å²) in [6, 6.07) is 22.2. The van der Waals surface area contributed by atoms with Crippen molar-refractivity contribution in [2.45, 2.75) is 20.4 Å². The van der Waals surface area contributed by atoms with Gasteiger partial charge in [0.1, 0.15) is 18.2 Å². The van der Waals surface area contributed by atoms with Crippen molar-refractivity contribution in [3.05, 3.63) is 100 Å². The van der Waals surface area contributed by atoms with Crippen molar-refractivity contribution in [2.24, 2.45) is 0 Å². The predicted octanol–water partition coefficient (Wildman–Crippen LogP) is 6.88. The Morgan fingerprint density at radius 3 is 2.54 bits per heavy atom. The molecule has 1 fully saturated rings. The molecule has 7 heteroatoms. The molecule has 176 valence electrons. The molecule has 0 spiro atoms. The monoisotopic (exact) mass is 502 g/mol. The highest BCUT2D eigenvalue weighted by atomic mass is 32.2. The Bertz CT molecular complexity index is 1480. The molecule has 35 heavy (non-hydrogen) atoms. The summed E-state index contributed by atoms with van der Waals surface area (Å²) in [6.07, 6.45) is 1.88. The first-order chi connectivity index (χ1) is 16.9. The van der Waals surface area contributed by atoms with E-state index < -0.39 is 5.82 Å². The van der Waals surface area contributed by atoms with Gasteiger partial charge in [0.2, 0.25) is 0 Å². The summed E-state index contributed by atoms with van der Waals surface area (Å²) in [6.45, 7) is 5.26. The number of nitrogens with zero attached hydrogens (tertiary/aromatic N) is 2. The normalized spacial score (nSPS) is 14.9. The van der Waals surface area contributed by atoms with E-state index in [-0.39, 0.29) is 11.6 Å². The Hall–Kier alpha value is -3.42. The number of thiocarbonyl (C=S) groups is 1. The van der Waals surface area contributed by atoms with E-state index in [1.165, 1.54) is 22.7 Å². The number of carbonyl (C=O) groups excluding carboxylic acids is 1. The third-order valence-electron chi connectivity index (χ3n) is 6.02. The number of thioether (sulfide) groups is 1. The summed E-state index contributed by atoms with van der Waals surface area (Å²) in [5.41, 5.74) is 4.35. The van der Waals surface area contributed by atoms with Crippen LogP contribution in [0.3, 0.4) is 0 Å². The van der Waals surface area contributed by atoms with E-state index in [0.29, 0.717) is 22.4 Å². The van der Waals surface area contributed by atoms with Crippen LogP contribution in [0.5, 0.6) is 5.75 Å². The minimum absolute atomic E-state index is 0.173. The van der Waals surface area contributed by atoms with Crippen molar-refractivity contribution in [1.29, 1.82) is 0 Å². The van der Waals surface area contributed by atoms with Gasteiger partial charge in [0.05, 0.1) is 17.1 Å². The molecular formula is C28H23FN2O2S2. The highest BCUT2D eigenvalue weighted by Gasteiger charge is 2.35. The molecule has 1 amide bonds. The van der Waals surface area contributed by atoms with Gasteiger partial charge in [-0.1, -0.05) is 65.9 Å². The Morgan fingerprint density at radius 2 is 1.77 bits per heavy atom. The number of hydrogen-bond donors (Lipinski definition) is 0. The van der Waals surface area contributed by atoms with Gasteiger partial charge in [0, 0.05) is 22.2 Å². The molecule has 0 aliphatic carbocycles. The zero-order valence-electron chi connectivity index (χ0n) is 19.3. The molecule has 1 saturated heterocycles. The lowest BCUT2D eigenvalue weighted by Crippen LogP contribution is -2.28. The number of rotatable bonds is 6. The topological polar surface area (TPSA) is 34.5 Å². The van der Waals surface area contributed by atoms with E-state index >= 15 is 0 Å². The molecule has 3 aromatic carbocycles. The first-order valence-electron chi connectivity index (χ1n) is 11.2. The first-order valence-corrected chi connectivity index (χ1v) is 12.5. The molecule has 4 aromatic rings. The van der Waals surface area contributed by atoms with E-state index in [1.54, 1.807) is 18.2 Å². The number of benzene rings is 3. The smallest absolute Gasteiger partial charge is 0.270 e. The van der Waals surface area contributed by atoms with Crippen molar-refractivity contribution < 1.29 is 13.9 Å². The maximum absolute atomic E-state index is 14.4. The van der Waals surface area contributed by atoms with Crippen molar-refractivity contribution in [1.82, 2.24) is 4.57 Å². The average Bonchev–Trinajstić information content (AvgIpc) is 3.27. The van der Waals surface area contributed by atoms with Gasteiger partial charge in [0.25, 0.3) is 5.91 Å². The maximum Gasteiger partial charge on any atom is 0.270 e. The van der Waals surface area contributed by atoms with E-state index in [9.17, 15) is 9.18 Å². The number of carbonyl (C=O) groups is 1. The molecule has 0 atom stereocenters. The van der Waals surface area contributed by atoms with Crippen LogP contribution in [-0.2, 0) is 11.3 Å². The minimum Gasteiger partial charge on any atom is -0.492 e. The number of anilines is 1. The molecule has 1 aliphatic heterocycles. The second-order valence-corrected chi connectivity index (χ2v) is 9.98. The summed E-state index contributed by atoms with van der Waals surface area (Å²) in [7, 11) is 0. The van der Waals surface area contributed by atoms with Crippen LogP contribution in [0.2, 0.25) is 0 Å². The minimum atomic E-state index is -0.480. The number of halogens is 1. The number of aromatic nitrogens is 1. The van der Waals surface area contributed by atoms with Crippen LogP contribution >= 0.6 is 24.0 Å². The van der Waals surface area contributed by atoms with Crippen LogP contribution in [0.4, 0.5) is 10.1 Å². The van der Waals surface area contributed by atoms with Crippen molar-refractivity contribution in [2.75, 3.05) is 11.5 Å². The van der Waals surface area contributed by atoms with Gasteiger partial charge in [-0.3, -0.25) is 9.69 Å². The van der Waals surface area contributed by atoms with E-state index in [0.717, 1.165) is 33.5 Å². The predicted molar refractivity (Wildman–Crippen MR) is 145 cm³/mol. The van der Waals surface area contributed by atoms with Gasteiger partial charge in [-0.15, -0.1) is 0 Å². The van der Waals surface area contributed by atoms with Crippen LogP contribution < -0.4 is 9.64 Å². The Kier molecular flexibility index (Phi) is 6.45. The summed E-state index contributed by atoms with van der Waals surface area (Å²) in [5, 5.41) is 1.05. The lowest BCUT2D eigenvalue weighted by molar-refractivity contribution is -0.113. The fourth-order valence-corrected chi connectivity index (χ4v) is 5.57. The number of amides is 1. The second kappa shape index (κ2) is 9.68. The van der Waals surface area contributed by atoms with Gasteiger partial charge >= 0.3 is 0 Å². The maximum atomic E-state index is 14.4. The van der Waals surface area contributed by atoms with Crippen LogP contribution in [0.15, 0.2) is 77.7 Å². The zero-order valence-corrected chi connectivity index (χ0v) is 21.0. The van der Waals surface area contributed by atoms with E-state index in [1.807, 2.05) is 50.3 Å². The average molecular weight is 503 g/mol. The fraction of sp³-hybridized carbons (Fsp3) is 0.143. The molecule has 5 rings (SSSR count). The Labute approximate surface area is 213 Å². The molecule has 2 heterocycles. The van der Waals surface area contributed by atoms with E-state index in [4.69, 9.17) is 17.0 Å². The summed E-state index contributed by atoms with van der Waals surface area (Å²) in [5.74, 6) is 0.0341. The number of hydrogen-bond acceptors (Lipinski definition) is 4. The first kappa shape index (κ1) is 23.3. The standard InChI is InChI=1S/C28H23FN2O2S2/c1-18-12-13-24-22(16-18)21(19(2)30(24)14-15-33-20-8-4-3-5-9-20)17-26-27(32)31(28(34)35-26)25-11-7-6-10-23(25)29/h3-13,16-17H,14-15H2,1-2H3/b26-17-. The molecule has 1 aromatic heterocycles. The number of fused-ring (bicyclic) bond motifs is 1. The quantitative estimate of drug-likeness (QED) is 0.213. The third-order valence-corrected chi connectivity index (χ3v) is 7.32. The second-order valence-electron chi connectivity index (χ2n) is 8.30. The van der Waals surface area contributed by atoms with Crippen LogP contribution in [0, 0.1) is 19.7 Å². The van der Waals surface area contributed by atoms with Gasteiger partial charge < -0.3 is 9.30 Å². The molecule has 1 aliphatic rings. The Morgan fingerprint density at radius 1 is 1.03 bits per heavy atom. The van der Waals surface area contributed by atoms with Gasteiger partial charge in [0.15, 0.2) is 4.32 Å². The SMILES string of the molecule is Cc1ccc2c(c1)c(/C=C1\SC(=S)N(c3ccccc3F)C1=O)c(C)n2CCOc1ccccc1. The van der Waals surface area contributed by atoms with Crippen molar-refractivity contribution in [3.63, 3.8) is 0 Å². The number of ether oxygens (including phenoxy) is 1. The molecular weight excluding hydrogens is 479 g/mol. The largest absolute Gasteiger partial charge is 0.492 e. The van der Waals surface area contributed by atoms with Crippen LogP contribution in [0.1, 0.15) is 16.8 Å². The van der Waals surface area contributed by atoms with Gasteiger partial charge in [-0.2, -0.15) is 0 Å². The lowest BCUT2D eigenvalue weighted by Gasteiger charge is -2.14. The van der Waals surface area contributed by atoms with E-state index in [2.05, 4.69) is 22.8 Å². The number of aryl methyl sites for hydroxylation is 1. The molecule has 0 saturated carbocycles. The van der Waals surface area contributed by atoms with Gasteiger partial charge in [-0.05, 0) is 56.3 Å². The molecule has 0 bridgehead atoms. The highest BCUT2D eigenvalue weighted by molar-refractivity contribution is 8.27. The zero-order chi connectivity index (χ0) is 24.5. The van der Waals surface area contributed by atoms with Crippen molar-refractivity contribution >= 4 is 56.9 Å². The summed E-state index contributed by atoms with van der Waals surface area (Å²) < 4.78 is 22.9. The summed E-state index contributed by atoms with van der Waals surface area (Å²) in [4.78, 5) is 15.0. The molecule has 4 nitrogen and oxygen atoms in total.